The molecule has 0 spiro atoms. The molecule has 1 fully saturated rings. The van der Waals surface area contributed by atoms with Crippen LogP contribution in [0.4, 0.5) is 0 Å². The number of hydrogen-bond donors (Lipinski definition) is 2. The minimum absolute atomic E-state index is 0.352. The minimum Gasteiger partial charge on any atom is -0.368 e. The number of primary amides is 1. The molecule has 0 bridgehead atoms. The molecule has 0 aromatic rings. The van der Waals surface area contributed by atoms with E-state index in [0.717, 1.165) is 38.9 Å². The lowest BCUT2D eigenvalue weighted by atomic mass is 9.98. The van der Waals surface area contributed by atoms with Crippen LogP contribution in [0.2, 0.25) is 0 Å². The fourth-order valence-electron chi connectivity index (χ4n) is 2.77. The number of nitrogens with zero attached hydrogens (tertiary/aromatic N) is 2. The maximum Gasteiger partial charge on any atom is 0.237 e. The zero-order valence-corrected chi connectivity index (χ0v) is 12.0. The zero-order chi connectivity index (χ0) is 13.8. The third-order valence-electron chi connectivity index (χ3n) is 3.99. The van der Waals surface area contributed by atoms with Gasteiger partial charge in [-0.05, 0) is 59.4 Å². The Morgan fingerprint density at radius 3 is 2.50 bits per heavy atom. The van der Waals surface area contributed by atoms with Crippen molar-refractivity contribution in [3.8, 4) is 0 Å². The molecule has 2 atom stereocenters. The van der Waals surface area contributed by atoms with E-state index in [4.69, 9.17) is 11.5 Å². The van der Waals surface area contributed by atoms with Crippen LogP contribution in [0.3, 0.4) is 0 Å². The van der Waals surface area contributed by atoms with Gasteiger partial charge in [0.15, 0.2) is 0 Å². The van der Waals surface area contributed by atoms with Crippen LogP contribution in [0.25, 0.3) is 0 Å². The quantitative estimate of drug-likeness (QED) is 0.672. The maximum absolute atomic E-state index is 11.4. The first kappa shape index (κ1) is 15.4. The van der Waals surface area contributed by atoms with Crippen LogP contribution in [0.5, 0.6) is 0 Å². The summed E-state index contributed by atoms with van der Waals surface area (Å²) >= 11 is 0. The van der Waals surface area contributed by atoms with Crippen LogP contribution in [-0.4, -0.2) is 61.0 Å². The molecule has 0 saturated heterocycles. The van der Waals surface area contributed by atoms with Gasteiger partial charge in [-0.15, -0.1) is 0 Å². The van der Waals surface area contributed by atoms with Crippen molar-refractivity contribution in [3.05, 3.63) is 0 Å². The summed E-state index contributed by atoms with van der Waals surface area (Å²) in [4.78, 5) is 16.0. The Labute approximate surface area is 110 Å². The fourth-order valence-corrected chi connectivity index (χ4v) is 2.77. The Morgan fingerprint density at radius 1 is 1.39 bits per heavy atom. The summed E-state index contributed by atoms with van der Waals surface area (Å²) in [6, 6.07) is 0.412. The number of carbonyl (C=O) groups excluding carboxylic acids is 1. The second kappa shape index (κ2) is 6.50. The van der Waals surface area contributed by atoms with Gasteiger partial charge in [-0.1, -0.05) is 6.92 Å². The highest BCUT2D eigenvalue weighted by Crippen LogP contribution is 2.31. The standard InChI is InChI=1S/C13H28N4O/c1-4-17(9-5-8-16(2)3)11-6-7-13(15,10-11)12(14)18/h11H,4-10,15H2,1-3H3,(H2,14,18). The lowest BCUT2D eigenvalue weighted by Gasteiger charge is -2.29. The van der Waals surface area contributed by atoms with Gasteiger partial charge in [0, 0.05) is 6.04 Å². The molecule has 4 N–H and O–H groups in total. The predicted octanol–water partition coefficient (Wildman–Crippen LogP) is -0.00470. The average Bonchev–Trinajstić information content (AvgIpc) is 2.68. The molecule has 0 aliphatic heterocycles. The van der Waals surface area contributed by atoms with Gasteiger partial charge in [0.1, 0.15) is 0 Å². The highest BCUT2D eigenvalue weighted by molar-refractivity contribution is 5.84. The number of amides is 1. The summed E-state index contributed by atoms with van der Waals surface area (Å²) in [6.45, 7) is 5.32. The van der Waals surface area contributed by atoms with Gasteiger partial charge in [0.2, 0.25) is 5.91 Å². The smallest absolute Gasteiger partial charge is 0.237 e. The van der Waals surface area contributed by atoms with E-state index in [-0.39, 0.29) is 5.91 Å². The normalized spacial score (nSPS) is 28.2. The molecule has 2 unspecified atom stereocenters. The van der Waals surface area contributed by atoms with E-state index < -0.39 is 5.54 Å². The van der Waals surface area contributed by atoms with Crippen molar-refractivity contribution < 1.29 is 4.79 Å². The second-order valence-electron chi connectivity index (χ2n) is 5.70. The van der Waals surface area contributed by atoms with E-state index in [0.29, 0.717) is 12.5 Å². The number of nitrogens with two attached hydrogens (primary N) is 2. The van der Waals surface area contributed by atoms with Gasteiger partial charge in [-0.3, -0.25) is 4.79 Å². The molecule has 5 heteroatoms. The van der Waals surface area contributed by atoms with Crippen LogP contribution in [0.15, 0.2) is 0 Å². The first-order valence-electron chi connectivity index (χ1n) is 6.86. The molecule has 18 heavy (non-hydrogen) atoms. The number of carbonyl (C=O) groups is 1. The topological polar surface area (TPSA) is 75.6 Å². The van der Waals surface area contributed by atoms with Crippen LogP contribution in [0, 0.1) is 0 Å². The van der Waals surface area contributed by atoms with Crippen molar-refractivity contribution in [2.24, 2.45) is 11.5 Å². The van der Waals surface area contributed by atoms with Gasteiger partial charge in [0.05, 0.1) is 5.54 Å². The summed E-state index contributed by atoms with van der Waals surface area (Å²) in [5, 5.41) is 0. The van der Waals surface area contributed by atoms with Gasteiger partial charge < -0.3 is 21.3 Å². The van der Waals surface area contributed by atoms with Gasteiger partial charge in [-0.2, -0.15) is 0 Å². The number of hydrogen-bond acceptors (Lipinski definition) is 4. The fraction of sp³-hybridized carbons (Fsp3) is 0.923. The molecular weight excluding hydrogens is 228 g/mol. The van der Waals surface area contributed by atoms with E-state index in [1.54, 1.807) is 0 Å². The summed E-state index contributed by atoms with van der Waals surface area (Å²) < 4.78 is 0. The van der Waals surface area contributed by atoms with E-state index >= 15 is 0 Å². The average molecular weight is 256 g/mol. The molecule has 1 saturated carbocycles. The lowest BCUT2D eigenvalue weighted by Crippen LogP contribution is -2.51. The maximum atomic E-state index is 11.4. The third kappa shape index (κ3) is 3.93. The van der Waals surface area contributed by atoms with Crippen molar-refractivity contribution in [3.63, 3.8) is 0 Å². The summed E-state index contributed by atoms with van der Waals surface area (Å²) in [7, 11) is 4.17. The van der Waals surface area contributed by atoms with Crippen molar-refractivity contribution in [2.75, 3.05) is 33.7 Å². The van der Waals surface area contributed by atoms with Crippen LogP contribution in [0.1, 0.15) is 32.6 Å². The van der Waals surface area contributed by atoms with Gasteiger partial charge >= 0.3 is 0 Å². The first-order valence-corrected chi connectivity index (χ1v) is 6.86. The predicted molar refractivity (Wildman–Crippen MR) is 74.2 cm³/mol. The van der Waals surface area contributed by atoms with E-state index in [9.17, 15) is 4.79 Å². The van der Waals surface area contributed by atoms with Crippen molar-refractivity contribution in [1.82, 2.24) is 9.80 Å². The second-order valence-corrected chi connectivity index (χ2v) is 5.70. The molecule has 0 radical (unpaired) electrons. The first-order chi connectivity index (χ1) is 8.39. The van der Waals surface area contributed by atoms with Gasteiger partial charge in [-0.25, -0.2) is 0 Å². The highest BCUT2D eigenvalue weighted by Gasteiger charge is 2.42. The van der Waals surface area contributed by atoms with E-state index in [1.807, 2.05) is 0 Å². The Kier molecular flexibility index (Phi) is 5.56. The molecule has 1 aliphatic carbocycles. The largest absolute Gasteiger partial charge is 0.368 e. The molecule has 106 valence electrons. The summed E-state index contributed by atoms with van der Waals surface area (Å²) in [6.07, 6.45) is 3.55. The van der Waals surface area contributed by atoms with Crippen molar-refractivity contribution >= 4 is 5.91 Å². The SMILES string of the molecule is CCN(CCCN(C)C)C1CCC(N)(C(N)=O)C1. The van der Waals surface area contributed by atoms with Crippen molar-refractivity contribution in [2.45, 2.75) is 44.2 Å². The molecule has 1 rings (SSSR count). The van der Waals surface area contributed by atoms with Crippen molar-refractivity contribution in [1.29, 1.82) is 0 Å². The summed E-state index contributed by atoms with van der Waals surface area (Å²) in [5.74, 6) is -0.352. The third-order valence-corrected chi connectivity index (χ3v) is 3.99. The monoisotopic (exact) mass is 256 g/mol. The van der Waals surface area contributed by atoms with Gasteiger partial charge in [0.25, 0.3) is 0 Å². The van der Waals surface area contributed by atoms with Crippen LogP contribution in [-0.2, 0) is 4.79 Å². The van der Waals surface area contributed by atoms with E-state index in [1.165, 1.54) is 0 Å². The Balaban J connectivity index is 2.45. The molecule has 0 aromatic carbocycles. The molecular formula is C13H28N4O. The zero-order valence-electron chi connectivity index (χ0n) is 12.0. The molecule has 5 nitrogen and oxygen atoms in total. The molecule has 1 aliphatic rings. The number of rotatable bonds is 7. The lowest BCUT2D eigenvalue weighted by molar-refractivity contribution is -0.123. The minimum atomic E-state index is -0.778. The molecule has 0 heterocycles. The Bertz CT molecular complexity index is 282. The van der Waals surface area contributed by atoms with Crippen LogP contribution >= 0.6 is 0 Å². The Hall–Kier alpha value is -0.650. The summed E-state index contributed by atoms with van der Waals surface area (Å²) in [5.41, 5.74) is 10.7. The highest BCUT2D eigenvalue weighted by atomic mass is 16.1. The molecule has 0 aromatic heterocycles. The van der Waals surface area contributed by atoms with Crippen LogP contribution < -0.4 is 11.5 Å². The van der Waals surface area contributed by atoms with E-state index in [2.05, 4.69) is 30.8 Å². The molecule has 1 amide bonds. The Morgan fingerprint density at radius 2 is 2.06 bits per heavy atom.